The van der Waals surface area contributed by atoms with E-state index in [0.717, 1.165) is 25.0 Å². The number of hydrogen-bond donors (Lipinski definition) is 2. The molecule has 1 aromatic rings. The van der Waals surface area contributed by atoms with E-state index < -0.39 is 0 Å². The summed E-state index contributed by atoms with van der Waals surface area (Å²) in [7, 11) is 1.81. The van der Waals surface area contributed by atoms with Crippen LogP contribution in [0.4, 0.5) is 0 Å². The third-order valence-corrected chi connectivity index (χ3v) is 3.73. The van der Waals surface area contributed by atoms with Gasteiger partial charge in [0.1, 0.15) is 0 Å². The van der Waals surface area contributed by atoms with Crippen LogP contribution < -0.4 is 5.32 Å². The average Bonchev–Trinajstić information content (AvgIpc) is 2.61. The number of rotatable bonds is 4. The Morgan fingerprint density at radius 3 is 2.78 bits per heavy atom. The first-order valence-corrected chi connectivity index (χ1v) is 6.50. The van der Waals surface area contributed by atoms with Crippen molar-refractivity contribution in [1.29, 1.82) is 0 Å². The van der Waals surface area contributed by atoms with Crippen LogP contribution in [0.3, 0.4) is 0 Å². The van der Waals surface area contributed by atoms with Gasteiger partial charge >= 0.3 is 0 Å². The molecule has 1 atom stereocenters. The highest BCUT2D eigenvalue weighted by Gasteiger charge is 2.34. The van der Waals surface area contributed by atoms with Crippen molar-refractivity contribution in [3.8, 4) is 0 Å². The molecular weight excluding hydrogens is 230 g/mol. The van der Waals surface area contributed by atoms with E-state index >= 15 is 0 Å². The number of aryl methyl sites for hydroxylation is 2. The van der Waals surface area contributed by atoms with Gasteiger partial charge in [0.25, 0.3) is 5.91 Å². The average molecular weight is 251 g/mol. The quantitative estimate of drug-likeness (QED) is 0.839. The fraction of sp³-hybridized carbons (Fsp3) is 0.692. The standard InChI is InChI=1S/C13H21N3O2/c1-4-12(9-5-10(17)6-9)14-13(18)11-7-16(3)15-8(11)2/h7,9-10,12,17H,4-6H2,1-3H3,(H,14,18)/t9?,10?,12-/m1/s1. The van der Waals surface area contributed by atoms with E-state index in [9.17, 15) is 9.90 Å². The topological polar surface area (TPSA) is 67.2 Å². The molecular formula is C13H21N3O2. The van der Waals surface area contributed by atoms with Crippen LogP contribution in [0, 0.1) is 12.8 Å². The number of amides is 1. The smallest absolute Gasteiger partial charge is 0.254 e. The Kier molecular flexibility index (Phi) is 3.71. The Morgan fingerprint density at radius 1 is 1.67 bits per heavy atom. The summed E-state index contributed by atoms with van der Waals surface area (Å²) in [5.41, 5.74) is 1.38. The Labute approximate surface area is 107 Å². The molecule has 0 saturated heterocycles. The summed E-state index contributed by atoms with van der Waals surface area (Å²) in [6, 6.07) is 0.153. The zero-order chi connectivity index (χ0) is 13.3. The fourth-order valence-electron chi connectivity index (χ4n) is 2.58. The lowest BCUT2D eigenvalue weighted by Crippen LogP contribution is -2.46. The molecule has 1 amide bonds. The van der Waals surface area contributed by atoms with Crippen molar-refractivity contribution in [2.45, 2.75) is 45.3 Å². The van der Waals surface area contributed by atoms with Gasteiger partial charge in [-0.15, -0.1) is 0 Å². The molecule has 0 radical (unpaired) electrons. The highest BCUT2D eigenvalue weighted by Crippen LogP contribution is 2.31. The molecule has 0 aromatic carbocycles. The SMILES string of the molecule is CC[C@@H](NC(=O)c1cn(C)nc1C)C1CC(O)C1. The number of aromatic nitrogens is 2. The minimum atomic E-state index is -0.180. The lowest BCUT2D eigenvalue weighted by Gasteiger charge is -2.37. The van der Waals surface area contributed by atoms with Crippen molar-refractivity contribution in [3.63, 3.8) is 0 Å². The molecule has 18 heavy (non-hydrogen) atoms. The maximum Gasteiger partial charge on any atom is 0.254 e. The number of aliphatic hydroxyl groups is 1. The first kappa shape index (κ1) is 13.1. The van der Waals surface area contributed by atoms with Crippen molar-refractivity contribution in [1.82, 2.24) is 15.1 Å². The van der Waals surface area contributed by atoms with Crippen LogP contribution in [0.15, 0.2) is 6.20 Å². The summed E-state index contributed by atoms with van der Waals surface area (Å²) in [5.74, 6) is 0.347. The van der Waals surface area contributed by atoms with Gasteiger partial charge in [0.2, 0.25) is 0 Å². The van der Waals surface area contributed by atoms with E-state index in [1.54, 1.807) is 10.9 Å². The molecule has 5 heteroatoms. The molecule has 1 fully saturated rings. The van der Waals surface area contributed by atoms with Gasteiger partial charge < -0.3 is 10.4 Å². The molecule has 1 heterocycles. The normalized spacial score (nSPS) is 24.4. The first-order chi connectivity index (χ1) is 8.51. The van der Waals surface area contributed by atoms with Crippen LogP contribution in [-0.4, -0.2) is 32.9 Å². The van der Waals surface area contributed by atoms with E-state index in [2.05, 4.69) is 17.3 Å². The van der Waals surface area contributed by atoms with Crippen LogP contribution in [0.1, 0.15) is 42.2 Å². The van der Waals surface area contributed by atoms with Crippen molar-refractivity contribution < 1.29 is 9.90 Å². The van der Waals surface area contributed by atoms with E-state index in [1.807, 2.05) is 14.0 Å². The van der Waals surface area contributed by atoms with Gasteiger partial charge in [0.05, 0.1) is 17.4 Å². The molecule has 0 spiro atoms. The molecule has 1 aliphatic rings. The fourth-order valence-corrected chi connectivity index (χ4v) is 2.58. The maximum atomic E-state index is 12.1. The molecule has 2 rings (SSSR count). The lowest BCUT2D eigenvalue weighted by atomic mass is 9.76. The van der Waals surface area contributed by atoms with E-state index in [1.165, 1.54) is 0 Å². The zero-order valence-electron chi connectivity index (χ0n) is 11.2. The predicted molar refractivity (Wildman–Crippen MR) is 68.2 cm³/mol. The zero-order valence-corrected chi connectivity index (χ0v) is 11.2. The van der Waals surface area contributed by atoms with Gasteiger partial charge in [-0.3, -0.25) is 9.48 Å². The van der Waals surface area contributed by atoms with Crippen LogP contribution in [0.5, 0.6) is 0 Å². The van der Waals surface area contributed by atoms with Crippen LogP contribution >= 0.6 is 0 Å². The second-order valence-corrected chi connectivity index (χ2v) is 5.18. The van der Waals surface area contributed by atoms with Crippen LogP contribution in [-0.2, 0) is 7.05 Å². The van der Waals surface area contributed by atoms with Crippen molar-refractivity contribution >= 4 is 5.91 Å². The molecule has 0 unspecified atom stereocenters. The Morgan fingerprint density at radius 2 is 2.33 bits per heavy atom. The summed E-state index contributed by atoms with van der Waals surface area (Å²) in [4.78, 5) is 12.1. The Hall–Kier alpha value is -1.36. The summed E-state index contributed by atoms with van der Waals surface area (Å²) < 4.78 is 1.65. The molecule has 1 aliphatic carbocycles. The summed E-state index contributed by atoms with van der Waals surface area (Å²) >= 11 is 0. The second-order valence-electron chi connectivity index (χ2n) is 5.18. The number of nitrogens with one attached hydrogen (secondary N) is 1. The lowest BCUT2D eigenvalue weighted by molar-refractivity contribution is 0.0232. The Balaban J connectivity index is 1.99. The number of aliphatic hydroxyl groups excluding tert-OH is 1. The Bertz CT molecular complexity index is 435. The van der Waals surface area contributed by atoms with Gasteiger partial charge in [-0.05, 0) is 32.1 Å². The third kappa shape index (κ3) is 2.56. The summed E-state index contributed by atoms with van der Waals surface area (Å²) in [6.45, 7) is 3.90. The van der Waals surface area contributed by atoms with E-state index in [0.29, 0.717) is 11.5 Å². The van der Waals surface area contributed by atoms with Gasteiger partial charge in [-0.25, -0.2) is 0 Å². The number of hydrogen-bond acceptors (Lipinski definition) is 3. The summed E-state index contributed by atoms with van der Waals surface area (Å²) in [5, 5.41) is 16.6. The van der Waals surface area contributed by atoms with Gasteiger partial charge in [-0.2, -0.15) is 5.10 Å². The molecule has 1 aromatic heterocycles. The van der Waals surface area contributed by atoms with E-state index in [4.69, 9.17) is 0 Å². The van der Waals surface area contributed by atoms with Crippen molar-refractivity contribution in [2.75, 3.05) is 0 Å². The summed E-state index contributed by atoms with van der Waals surface area (Å²) in [6.07, 6.45) is 4.05. The third-order valence-electron chi connectivity index (χ3n) is 3.73. The molecule has 0 bridgehead atoms. The van der Waals surface area contributed by atoms with Gasteiger partial charge in [0.15, 0.2) is 0 Å². The maximum absolute atomic E-state index is 12.1. The van der Waals surface area contributed by atoms with Gasteiger partial charge in [-0.1, -0.05) is 6.92 Å². The first-order valence-electron chi connectivity index (χ1n) is 6.50. The molecule has 0 aliphatic heterocycles. The number of carbonyl (C=O) groups is 1. The minimum Gasteiger partial charge on any atom is -0.393 e. The number of nitrogens with zero attached hydrogens (tertiary/aromatic N) is 2. The minimum absolute atomic E-state index is 0.0613. The van der Waals surface area contributed by atoms with Crippen LogP contribution in [0.2, 0.25) is 0 Å². The van der Waals surface area contributed by atoms with Crippen LogP contribution in [0.25, 0.3) is 0 Å². The second kappa shape index (κ2) is 5.10. The van der Waals surface area contributed by atoms with Crippen molar-refractivity contribution in [3.05, 3.63) is 17.5 Å². The molecule has 100 valence electrons. The molecule has 2 N–H and O–H groups in total. The predicted octanol–water partition coefficient (Wildman–Crippen LogP) is 1.01. The van der Waals surface area contributed by atoms with Gasteiger partial charge in [0, 0.05) is 19.3 Å². The van der Waals surface area contributed by atoms with E-state index in [-0.39, 0.29) is 18.1 Å². The number of carbonyl (C=O) groups excluding carboxylic acids is 1. The monoisotopic (exact) mass is 251 g/mol. The highest BCUT2D eigenvalue weighted by atomic mass is 16.3. The molecule has 1 saturated carbocycles. The molecule has 5 nitrogen and oxygen atoms in total. The highest BCUT2D eigenvalue weighted by molar-refractivity contribution is 5.95. The largest absolute Gasteiger partial charge is 0.393 e. The van der Waals surface area contributed by atoms with Crippen molar-refractivity contribution in [2.24, 2.45) is 13.0 Å².